The van der Waals surface area contributed by atoms with Crippen molar-refractivity contribution in [1.82, 2.24) is 4.57 Å². The second-order valence-corrected chi connectivity index (χ2v) is 6.91. The zero-order valence-electron chi connectivity index (χ0n) is 12.7. The van der Waals surface area contributed by atoms with Crippen molar-refractivity contribution < 1.29 is 18.0 Å². The van der Waals surface area contributed by atoms with Crippen LogP contribution in [0.3, 0.4) is 0 Å². The number of nitrogens with zero attached hydrogens (tertiary/aromatic N) is 2. The molecule has 25 heavy (non-hydrogen) atoms. The largest absolute Gasteiger partial charge is 0.417 e. The van der Waals surface area contributed by atoms with Crippen LogP contribution in [0.15, 0.2) is 46.2 Å². The summed E-state index contributed by atoms with van der Waals surface area (Å²) in [6.07, 6.45) is -4.03. The molecule has 0 saturated heterocycles. The number of benzene rings is 1. The minimum atomic E-state index is -4.66. The molecule has 0 unspecified atom stereocenters. The predicted molar refractivity (Wildman–Crippen MR) is 90.2 cm³/mol. The van der Waals surface area contributed by atoms with Gasteiger partial charge in [-0.25, -0.2) is 0 Å². The third kappa shape index (κ3) is 3.69. The van der Waals surface area contributed by atoms with Crippen molar-refractivity contribution in [3.05, 3.63) is 57.5 Å². The third-order valence-electron chi connectivity index (χ3n) is 3.70. The topological polar surface area (TPSA) is 42.3 Å². The molecular formula is C16H12ClF3N2O2S. The van der Waals surface area contributed by atoms with Gasteiger partial charge in [-0.05, 0) is 18.2 Å². The van der Waals surface area contributed by atoms with E-state index < -0.39 is 34.8 Å². The Hall–Kier alpha value is -1.93. The third-order valence-corrected chi connectivity index (χ3v) is 5.02. The maximum Gasteiger partial charge on any atom is 0.417 e. The van der Waals surface area contributed by atoms with Crippen molar-refractivity contribution in [2.75, 3.05) is 17.2 Å². The molecule has 1 aromatic carbocycles. The highest BCUT2D eigenvalue weighted by molar-refractivity contribution is 7.99. The van der Waals surface area contributed by atoms with Gasteiger partial charge in [0, 0.05) is 23.4 Å². The minimum absolute atomic E-state index is 0.419. The molecule has 2 aromatic rings. The number of carbonyl (C=O) groups excluding carboxylic acids is 1. The maximum atomic E-state index is 12.9. The molecule has 0 fully saturated rings. The highest BCUT2D eigenvalue weighted by atomic mass is 35.5. The van der Waals surface area contributed by atoms with E-state index in [9.17, 15) is 22.8 Å². The maximum absolute atomic E-state index is 12.9. The Kier molecular flexibility index (Phi) is 4.83. The molecule has 0 radical (unpaired) electrons. The van der Waals surface area contributed by atoms with Crippen LogP contribution < -0.4 is 10.5 Å². The summed E-state index contributed by atoms with van der Waals surface area (Å²) in [5, 5.41) is -0.572. The number of carbonyl (C=O) groups is 1. The molecule has 1 aliphatic rings. The number of alkyl halides is 3. The van der Waals surface area contributed by atoms with Crippen LogP contribution in [-0.2, 0) is 17.5 Å². The zero-order valence-corrected chi connectivity index (χ0v) is 14.3. The van der Waals surface area contributed by atoms with Gasteiger partial charge >= 0.3 is 6.18 Å². The normalized spacial score (nSPS) is 14.3. The van der Waals surface area contributed by atoms with Gasteiger partial charge in [-0.3, -0.25) is 9.59 Å². The van der Waals surface area contributed by atoms with Crippen LogP contribution in [0, 0.1) is 0 Å². The SMILES string of the molecule is O=C(Cn1cc(C(F)(F)F)cc(Cl)c1=O)N1CCSc2ccccc21. The fraction of sp³-hybridized carbons (Fsp3) is 0.250. The molecule has 1 aliphatic heterocycles. The van der Waals surface area contributed by atoms with Gasteiger partial charge in [-0.2, -0.15) is 13.2 Å². The van der Waals surface area contributed by atoms with E-state index in [0.29, 0.717) is 34.8 Å². The summed E-state index contributed by atoms with van der Waals surface area (Å²) in [6.45, 7) is -0.0938. The summed E-state index contributed by atoms with van der Waals surface area (Å²) >= 11 is 7.21. The molecule has 0 N–H and O–H groups in total. The van der Waals surface area contributed by atoms with Gasteiger partial charge in [-0.15, -0.1) is 11.8 Å². The second kappa shape index (κ2) is 6.76. The highest BCUT2D eigenvalue weighted by Gasteiger charge is 2.32. The van der Waals surface area contributed by atoms with E-state index in [2.05, 4.69) is 0 Å². The second-order valence-electron chi connectivity index (χ2n) is 5.37. The summed E-state index contributed by atoms with van der Waals surface area (Å²) in [7, 11) is 0. The van der Waals surface area contributed by atoms with Crippen molar-refractivity contribution in [3.8, 4) is 0 Å². The van der Waals surface area contributed by atoms with Gasteiger partial charge in [0.25, 0.3) is 5.56 Å². The molecule has 0 saturated carbocycles. The Balaban J connectivity index is 1.92. The van der Waals surface area contributed by atoms with Crippen molar-refractivity contribution in [2.45, 2.75) is 17.6 Å². The number of amides is 1. The lowest BCUT2D eigenvalue weighted by molar-refractivity contribution is -0.138. The summed E-state index contributed by atoms with van der Waals surface area (Å²) < 4.78 is 39.4. The van der Waals surface area contributed by atoms with Gasteiger partial charge in [0.1, 0.15) is 11.6 Å². The molecule has 0 atom stereocenters. The first-order valence-electron chi connectivity index (χ1n) is 7.27. The lowest BCUT2D eigenvalue weighted by atomic mass is 10.2. The van der Waals surface area contributed by atoms with E-state index in [4.69, 9.17) is 11.6 Å². The number of hydrogen-bond donors (Lipinski definition) is 0. The number of halogens is 4. The minimum Gasteiger partial charge on any atom is -0.309 e. The fourth-order valence-corrected chi connectivity index (χ4v) is 3.75. The van der Waals surface area contributed by atoms with Crippen molar-refractivity contribution >= 4 is 35.0 Å². The number of thioether (sulfide) groups is 1. The number of pyridine rings is 1. The monoisotopic (exact) mass is 388 g/mol. The number of anilines is 1. The number of para-hydroxylation sites is 1. The number of fused-ring (bicyclic) bond motifs is 1. The number of aromatic nitrogens is 1. The average Bonchev–Trinajstić information content (AvgIpc) is 2.57. The van der Waals surface area contributed by atoms with Gasteiger partial charge in [0.05, 0.1) is 11.3 Å². The Morgan fingerprint density at radius 1 is 1.28 bits per heavy atom. The van der Waals surface area contributed by atoms with Crippen LogP contribution in [0.25, 0.3) is 0 Å². The molecular weight excluding hydrogens is 377 g/mol. The first-order valence-corrected chi connectivity index (χ1v) is 8.63. The van der Waals surface area contributed by atoms with Crippen molar-refractivity contribution in [2.24, 2.45) is 0 Å². The molecule has 9 heteroatoms. The van der Waals surface area contributed by atoms with Crippen LogP contribution in [0.2, 0.25) is 5.02 Å². The lowest BCUT2D eigenvalue weighted by Crippen LogP contribution is -2.39. The van der Waals surface area contributed by atoms with E-state index in [0.717, 1.165) is 4.90 Å². The van der Waals surface area contributed by atoms with Crippen molar-refractivity contribution in [1.29, 1.82) is 0 Å². The van der Waals surface area contributed by atoms with E-state index in [-0.39, 0.29) is 0 Å². The average molecular weight is 389 g/mol. The number of rotatable bonds is 2. The molecule has 0 spiro atoms. The number of hydrogen-bond acceptors (Lipinski definition) is 3. The van der Waals surface area contributed by atoms with E-state index in [1.807, 2.05) is 12.1 Å². The van der Waals surface area contributed by atoms with Crippen LogP contribution in [0.4, 0.5) is 18.9 Å². The smallest absolute Gasteiger partial charge is 0.309 e. The van der Waals surface area contributed by atoms with E-state index in [1.54, 1.807) is 23.9 Å². The predicted octanol–water partition coefficient (Wildman–Crippen LogP) is 3.66. The van der Waals surface area contributed by atoms with Gasteiger partial charge in [-0.1, -0.05) is 23.7 Å². The standard InChI is InChI=1S/C16H12ClF3N2O2S/c17-11-7-10(16(18,19)20)8-21(15(11)24)9-14(23)22-5-6-25-13-4-2-1-3-12(13)22/h1-4,7-8H,5-6,9H2. The zero-order chi connectivity index (χ0) is 18.2. The molecule has 4 nitrogen and oxygen atoms in total. The Morgan fingerprint density at radius 3 is 2.72 bits per heavy atom. The fourth-order valence-electron chi connectivity index (χ4n) is 2.53. The molecule has 2 heterocycles. The molecule has 0 aliphatic carbocycles. The molecule has 132 valence electrons. The Labute approximate surface area is 150 Å². The van der Waals surface area contributed by atoms with Crippen molar-refractivity contribution in [3.63, 3.8) is 0 Å². The van der Waals surface area contributed by atoms with Gasteiger partial charge in [0.2, 0.25) is 5.91 Å². The van der Waals surface area contributed by atoms with Gasteiger partial charge < -0.3 is 9.47 Å². The lowest BCUT2D eigenvalue weighted by Gasteiger charge is -2.29. The molecule has 0 bridgehead atoms. The van der Waals surface area contributed by atoms with Crippen LogP contribution in [-0.4, -0.2) is 22.8 Å². The molecule has 1 aromatic heterocycles. The first kappa shape index (κ1) is 17.9. The summed E-state index contributed by atoms with van der Waals surface area (Å²) in [6, 6.07) is 7.82. The Bertz CT molecular complexity index is 882. The summed E-state index contributed by atoms with van der Waals surface area (Å²) in [4.78, 5) is 27.0. The van der Waals surface area contributed by atoms with Gasteiger partial charge in [0.15, 0.2) is 0 Å². The summed E-state index contributed by atoms with van der Waals surface area (Å²) in [5.41, 5.74) is -1.21. The van der Waals surface area contributed by atoms with E-state index in [1.165, 1.54) is 4.90 Å². The quantitative estimate of drug-likeness (QED) is 0.788. The molecule has 1 amide bonds. The van der Waals surface area contributed by atoms with Crippen LogP contribution >= 0.6 is 23.4 Å². The van der Waals surface area contributed by atoms with Crippen LogP contribution in [0.1, 0.15) is 5.56 Å². The highest BCUT2D eigenvalue weighted by Crippen LogP contribution is 2.34. The van der Waals surface area contributed by atoms with Crippen LogP contribution in [0.5, 0.6) is 0 Å². The Morgan fingerprint density at radius 2 is 2.00 bits per heavy atom. The first-order chi connectivity index (χ1) is 11.8. The van der Waals surface area contributed by atoms with E-state index >= 15 is 0 Å². The summed E-state index contributed by atoms with van der Waals surface area (Å²) in [5.74, 6) is 0.200. The molecule has 3 rings (SSSR count).